The van der Waals surface area contributed by atoms with Crippen LogP contribution in [0.25, 0.3) is 22.3 Å². The molecule has 15 rings (SSSR count). The zero-order chi connectivity index (χ0) is 44.9. The molecule has 2 aliphatic carbocycles. The molecule has 0 fully saturated rings. The number of nitrogens with zero attached hydrogens (tertiary/aromatic N) is 1. The van der Waals surface area contributed by atoms with Crippen molar-refractivity contribution in [2.75, 3.05) is 4.90 Å². The van der Waals surface area contributed by atoms with Crippen LogP contribution in [0.5, 0.6) is 23.0 Å². The Morgan fingerprint density at radius 1 is 0.353 bits per heavy atom. The van der Waals surface area contributed by atoms with Crippen molar-refractivity contribution < 1.29 is 9.47 Å². The van der Waals surface area contributed by atoms with Gasteiger partial charge in [-0.05, 0) is 122 Å². The second-order valence-corrected chi connectivity index (χ2v) is 19.2. The molecule has 0 amide bonds. The quantitative estimate of drug-likeness (QED) is 0.161. The Morgan fingerprint density at radius 2 is 0.721 bits per heavy atom. The van der Waals surface area contributed by atoms with Crippen LogP contribution < -0.4 is 30.8 Å². The largest absolute Gasteiger partial charge is 0.458 e. The fourth-order valence-electron chi connectivity index (χ4n) is 13.2. The van der Waals surface area contributed by atoms with Gasteiger partial charge in [-0.15, -0.1) is 0 Å². The lowest BCUT2D eigenvalue weighted by atomic mass is 9.32. The first-order valence-corrected chi connectivity index (χ1v) is 23.8. The Hall–Kier alpha value is -8.34. The molecule has 3 aliphatic heterocycles. The van der Waals surface area contributed by atoms with Crippen molar-refractivity contribution >= 4 is 40.2 Å². The first-order chi connectivity index (χ1) is 33.6. The minimum atomic E-state index is -0.650. The highest BCUT2D eigenvalue weighted by atomic mass is 16.5. The van der Waals surface area contributed by atoms with Gasteiger partial charge in [-0.25, -0.2) is 0 Å². The number of ether oxygens (including phenoxy) is 2. The number of fused-ring (bicyclic) bond motifs is 8. The first-order valence-electron chi connectivity index (χ1n) is 23.8. The van der Waals surface area contributed by atoms with Crippen LogP contribution >= 0.6 is 0 Å². The second-order valence-electron chi connectivity index (χ2n) is 19.2. The molecule has 0 spiro atoms. The summed E-state index contributed by atoms with van der Waals surface area (Å²) in [4.78, 5) is 2.62. The van der Waals surface area contributed by atoms with E-state index in [1.807, 2.05) is 0 Å². The number of hydrogen-bond acceptors (Lipinski definition) is 3. The van der Waals surface area contributed by atoms with Gasteiger partial charge >= 0.3 is 0 Å². The van der Waals surface area contributed by atoms with Gasteiger partial charge in [-0.2, -0.15) is 0 Å². The predicted molar refractivity (Wildman–Crippen MR) is 276 cm³/mol. The van der Waals surface area contributed by atoms with Crippen molar-refractivity contribution in [2.24, 2.45) is 0 Å². The highest BCUT2D eigenvalue weighted by molar-refractivity contribution is 7.01. The Balaban J connectivity index is 1.17. The van der Waals surface area contributed by atoms with E-state index in [9.17, 15) is 0 Å². The molecule has 0 unspecified atom stereocenters. The molecule has 5 aliphatic rings. The van der Waals surface area contributed by atoms with E-state index in [0.717, 1.165) is 51.1 Å². The van der Waals surface area contributed by atoms with E-state index < -0.39 is 10.8 Å². The summed E-state index contributed by atoms with van der Waals surface area (Å²) in [5.74, 6) is 3.48. The minimum Gasteiger partial charge on any atom is -0.458 e. The Kier molecular flexibility index (Phi) is 7.58. The smallest absolute Gasteiger partial charge is 0.266 e. The molecule has 0 radical (unpaired) electrons. The fourth-order valence-corrected chi connectivity index (χ4v) is 13.2. The maximum atomic E-state index is 7.41. The summed E-state index contributed by atoms with van der Waals surface area (Å²) in [6.07, 6.45) is 0. The van der Waals surface area contributed by atoms with E-state index in [1.54, 1.807) is 0 Å². The monoisotopic (exact) mass is 867 g/mol. The number of rotatable bonds is 5. The Morgan fingerprint density at radius 3 is 1.13 bits per heavy atom. The zero-order valence-corrected chi connectivity index (χ0v) is 37.6. The molecular weight excluding hydrogens is 826 g/mol. The van der Waals surface area contributed by atoms with E-state index in [-0.39, 0.29) is 6.71 Å². The Labute approximate surface area is 396 Å². The van der Waals surface area contributed by atoms with Gasteiger partial charge in [0.15, 0.2) is 0 Å². The topological polar surface area (TPSA) is 21.7 Å². The van der Waals surface area contributed by atoms with E-state index in [2.05, 4.69) is 237 Å². The van der Waals surface area contributed by atoms with Crippen LogP contribution in [0.1, 0.15) is 55.6 Å². The van der Waals surface area contributed by atoms with Crippen molar-refractivity contribution in [3.63, 3.8) is 0 Å². The molecule has 10 aromatic carbocycles. The van der Waals surface area contributed by atoms with Crippen LogP contribution in [0.15, 0.2) is 218 Å². The molecule has 0 aromatic heterocycles. The lowest BCUT2D eigenvalue weighted by Gasteiger charge is -2.46. The van der Waals surface area contributed by atoms with Crippen molar-refractivity contribution in [3.05, 3.63) is 274 Å². The second kappa shape index (κ2) is 13.6. The highest BCUT2D eigenvalue weighted by Gasteiger charge is 2.57. The maximum Gasteiger partial charge on any atom is 0.266 e. The zero-order valence-electron chi connectivity index (χ0n) is 37.6. The van der Waals surface area contributed by atoms with Crippen molar-refractivity contribution in [1.29, 1.82) is 0 Å². The molecule has 3 nitrogen and oxygen atoms in total. The van der Waals surface area contributed by atoms with Crippen LogP contribution in [0.2, 0.25) is 0 Å². The molecule has 3 heterocycles. The SMILES string of the molecule is Cc1ccc(N2c3c4c(cc5c3-c3ccccc3C5(c3ccccc3)c3ccccc3)Oc3cc(C)cc5c3B4c3c(cc4c(c32)-c2ccccc2C4(c2ccccc2)c2ccccc2)O5)cc1. The van der Waals surface area contributed by atoms with Gasteiger partial charge < -0.3 is 14.4 Å². The van der Waals surface area contributed by atoms with Crippen LogP contribution in [0.4, 0.5) is 17.1 Å². The first kappa shape index (κ1) is 37.8. The summed E-state index contributed by atoms with van der Waals surface area (Å²) in [7, 11) is 0. The van der Waals surface area contributed by atoms with Gasteiger partial charge in [-0.3, -0.25) is 0 Å². The highest BCUT2D eigenvalue weighted by Crippen LogP contribution is 2.65. The normalized spacial score (nSPS) is 15.0. The average Bonchev–Trinajstić information content (AvgIpc) is 3.85. The summed E-state index contributed by atoms with van der Waals surface area (Å²) < 4.78 is 14.8. The molecular formula is C64H42BNO2. The predicted octanol–water partition coefficient (Wildman–Crippen LogP) is 13.5. The molecule has 10 aromatic rings. The molecule has 0 saturated heterocycles. The van der Waals surface area contributed by atoms with Gasteiger partial charge in [0.1, 0.15) is 23.0 Å². The third-order valence-corrected chi connectivity index (χ3v) is 15.7. The van der Waals surface area contributed by atoms with E-state index in [4.69, 9.17) is 9.47 Å². The van der Waals surface area contributed by atoms with E-state index >= 15 is 0 Å². The fraction of sp³-hybridized carbons (Fsp3) is 0.0625. The molecule has 0 saturated carbocycles. The van der Waals surface area contributed by atoms with Crippen LogP contribution in [-0.2, 0) is 10.8 Å². The minimum absolute atomic E-state index is 0.165. The lowest BCUT2D eigenvalue weighted by molar-refractivity contribution is 0.462. The third kappa shape index (κ3) is 4.64. The summed E-state index contributed by atoms with van der Waals surface area (Å²) in [5, 5.41) is 0. The van der Waals surface area contributed by atoms with Gasteiger partial charge in [0.25, 0.3) is 6.71 Å². The van der Waals surface area contributed by atoms with Gasteiger partial charge in [0, 0.05) is 22.3 Å². The molecule has 0 atom stereocenters. The van der Waals surface area contributed by atoms with Crippen LogP contribution in [0, 0.1) is 13.8 Å². The molecule has 68 heavy (non-hydrogen) atoms. The summed E-state index contributed by atoms with van der Waals surface area (Å²) in [6.45, 7) is 4.16. The van der Waals surface area contributed by atoms with Gasteiger partial charge in [-0.1, -0.05) is 188 Å². The Bertz CT molecular complexity index is 3450. The standard InChI is InChI=1S/C64H42BNO2/c1-39-31-33-45(34-32-39)66-61-56-46-27-15-17-29-48(46)63(41-19-7-3-8-20-41,42-21-9-4-10-22-42)50(56)37-54-59(61)65-58-52(67-54)35-40(2)36-53(58)68-55-38-51-57(62(66)60(55)65)47-28-16-18-30-49(47)64(51,43-23-11-5-12-24-43)44-25-13-6-14-26-44/h3-38H,1-2H3. The van der Waals surface area contributed by atoms with Crippen molar-refractivity contribution in [3.8, 4) is 45.3 Å². The van der Waals surface area contributed by atoms with Crippen molar-refractivity contribution in [2.45, 2.75) is 24.7 Å². The maximum absolute atomic E-state index is 7.41. The number of benzene rings is 10. The summed E-state index contributed by atoms with van der Waals surface area (Å²) in [6, 6.07) is 81.2. The summed E-state index contributed by atoms with van der Waals surface area (Å²) in [5.41, 5.74) is 22.6. The van der Waals surface area contributed by atoms with Crippen molar-refractivity contribution in [1.82, 2.24) is 0 Å². The number of hydrogen-bond donors (Lipinski definition) is 0. The van der Waals surface area contributed by atoms with Gasteiger partial charge in [0.2, 0.25) is 0 Å². The number of aryl methyl sites for hydroxylation is 2. The van der Waals surface area contributed by atoms with Gasteiger partial charge in [0.05, 0.1) is 22.2 Å². The molecule has 4 heteroatoms. The van der Waals surface area contributed by atoms with Crippen LogP contribution in [-0.4, -0.2) is 6.71 Å². The average molecular weight is 868 g/mol. The molecule has 318 valence electrons. The third-order valence-electron chi connectivity index (χ3n) is 15.7. The van der Waals surface area contributed by atoms with Crippen LogP contribution in [0.3, 0.4) is 0 Å². The number of anilines is 3. The molecule has 0 bridgehead atoms. The summed E-state index contributed by atoms with van der Waals surface area (Å²) >= 11 is 0. The van der Waals surface area contributed by atoms with E-state index in [1.165, 1.54) is 83.3 Å². The lowest BCUT2D eigenvalue weighted by Crippen LogP contribution is -2.62. The molecule has 0 N–H and O–H groups in total. The van der Waals surface area contributed by atoms with E-state index in [0.29, 0.717) is 0 Å².